The van der Waals surface area contributed by atoms with E-state index < -0.39 is 0 Å². The van der Waals surface area contributed by atoms with Crippen molar-refractivity contribution in [2.75, 3.05) is 26.3 Å². The van der Waals surface area contributed by atoms with E-state index in [0.717, 1.165) is 6.42 Å². The summed E-state index contributed by atoms with van der Waals surface area (Å²) in [6.07, 6.45) is 1.21. The van der Waals surface area contributed by atoms with Gasteiger partial charge in [0, 0.05) is 32.2 Å². The van der Waals surface area contributed by atoms with Crippen molar-refractivity contribution in [1.82, 2.24) is 10.2 Å². The second-order valence-corrected chi connectivity index (χ2v) is 3.97. The van der Waals surface area contributed by atoms with Crippen molar-refractivity contribution in [2.45, 2.75) is 32.7 Å². The first-order valence-electron chi connectivity index (χ1n) is 5.79. The summed E-state index contributed by atoms with van der Waals surface area (Å²) < 4.78 is 5.23. The zero-order valence-corrected chi connectivity index (χ0v) is 9.99. The zero-order valence-electron chi connectivity index (χ0n) is 9.99. The quantitative estimate of drug-likeness (QED) is 0.681. The van der Waals surface area contributed by atoms with Crippen LogP contribution in [0.4, 0.5) is 0 Å². The number of amides is 2. The lowest BCUT2D eigenvalue weighted by Crippen LogP contribution is -2.40. The van der Waals surface area contributed by atoms with Crippen LogP contribution >= 0.6 is 0 Å². The first-order valence-corrected chi connectivity index (χ1v) is 5.79. The Balaban J connectivity index is 2.41. The summed E-state index contributed by atoms with van der Waals surface area (Å²) in [5.74, 6) is -0.0528. The maximum Gasteiger partial charge on any atom is 0.242 e. The lowest BCUT2D eigenvalue weighted by Gasteiger charge is -2.26. The van der Waals surface area contributed by atoms with Gasteiger partial charge < -0.3 is 15.0 Å². The highest BCUT2D eigenvalue weighted by atomic mass is 16.5. The molecule has 1 N–H and O–H groups in total. The van der Waals surface area contributed by atoms with E-state index in [2.05, 4.69) is 5.32 Å². The molecule has 1 heterocycles. The summed E-state index contributed by atoms with van der Waals surface area (Å²) in [5.41, 5.74) is 0. The molecule has 5 nitrogen and oxygen atoms in total. The van der Waals surface area contributed by atoms with Crippen LogP contribution < -0.4 is 5.32 Å². The zero-order chi connectivity index (χ0) is 12.0. The number of nitrogens with zero attached hydrogens (tertiary/aromatic N) is 1. The number of ether oxygens (including phenoxy) is 1. The third-order valence-corrected chi connectivity index (χ3v) is 2.66. The van der Waals surface area contributed by atoms with Gasteiger partial charge in [0.2, 0.25) is 11.8 Å². The van der Waals surface area contributed by atoms with Crippen molar-refractivity contribution < 1.29 is 14.3 Å². The number of rotatable bonds is 5. The van der Waals surface area contributed by atoms with E-state index >= 15 is 0 Å². The molecule has 16 heavy (non-hydrogen) atoms. The summed E-state index contributed by atoms with van der Waals surface area (Å²) in [6, 6.07) is -0.0170. The maximum atomic E-state index is 11.7. The molecule has 92 valence electrons. The summed E-state index contributed by atoms with van der Waals surface area (Å²) in [7, 11) is 0. The van der Waals surface area contributed by atoms with E-state index in [1.807, 2.05) is 13.8 Å². The van der Waals surface area contributed by atoms with Gasteiger partial charge in [0.15, 0.2) is 0 Å². The molecule has 5 heteroatoms. The fourth-order valence-electron chi connectivity index (χ4n) is 1.80. The fourth-order valence-corrected chi connectivity index (χ4v) is 1.80. The van der Waals surface area contributed by atoms with Crippen molar-refractivity contribution in [3.05, 3.63) is 0 Å². The monoisotopic (exact) mass is 228 g/mol. The molecule has 0 saturated carbocycles. The molecular formula is C11H20N2O3. The Bertz CT molecular complexity index is 256. The van der Waals surface area contributed by atoms with Crippen LogP contribution in [0.1, 0.15) is 26.7 Å². The Morgan fingerprint density at radius 2 is 2.25 bits per heavy atom. The Kier molecular flexibility index (Phi) is 5.25. The molecule has 1 rings (SSSR count). The number of hydrogen-bond acceptors (Lipinski definition) is 3. The molecule has 0 aromatic heterocycles. The van der Waals surface area contributed by atoms with Gasteiger partial charge in [-0.1, -0.05) is 0 Å². The van der Waals surface area contributed by atoms with Gasteiger partial charge in [0.1, 0.15) is 0 Å². The average molecular weight is 228 g/mol. The second kappa shape index (κ2) is 6.48. The molecule has 1 saturated heterocycles. The average Bonchev–Trinajstić information content (AvgIpc) is 2.36. The molecule has 0 spiro atoms. The third kappa shape index (κ3) is 3.81. The number of carbonyl (C=O) groups excluding carboxylic acids is 2. The van der Waals surface area contributed by atoms with Gasteiger partial charge in [0.25, 0.3) is 0 Å². The third-order valence-electron chi connectivity index (χ3n) is 2.66. The van der Waals surface area contributed by atoms with Crippen molar-refractivity contribution >= 4 is 11.8 Å². The van der Waals surface area contributed by atoms with Gasteiger partial charge in [-0.25, -0.2) is 0 Å². The summed E-state index contributed by atoms with van der Waals surface area (Å²) >= 11 is 0. The fraction of sp³-hybridized carbons (Fsp3) is 0.818. The molecule has 1 atom stereocenters. The van der Waals surface area contributed by atoms with E-state index in [-0.39, 0.29) is 24.4 Å². The van der Waals surface area contributed by atoms with E-state index in [1.165, 1.54) is 0 Å². The predicted octanol–water partition coefficient (Wildman–Crippen LogP) is 0.150. The summed E-state index contributed by atoms with van der Waals surface area (Å²) in [5, 5.41) is 2.59. The summed E-state index contributed by atoms with van der Waals surface area (Å²) in [6.45, 7) is 6.00. The first kappa shape index (κ1) is 13.0. The van der Waals surface area contributed by atoms with Gasteiger partial charge in [-0.15, -0.1) is 0 Å². The van der Waals surface area contributed by atoms with Crippen molar-refractivity contribution in [2.24, 2.45) is 0 Å². The van der Waals surface area contributed by atoms with Crippen LogP contribution in [0.2, 0.25) is 0 Å². The Hall–Kier alpha value is -1.10. The second-order valence-electron chi connectivity index (χ2n) is 3.97. The summed E-state index contributed by atoms with van der Waals surface area (Å²) in [4.78, 5) is 24.7. The number of hydrogen-bond donors (Lipinski definition) is 1. The van der Waals surface area contributed by atoms with Crippen molar-refractivity contribution in [3.8, 4) is 0 Å². The molecule has 1 aliphatic heterocycles. The molecule has 0 aliphatic carbocycles. The van der Waals surface area contributed by atoms with Crippen LogP contribution in [0.15, 0.2) is 0 Å². The van der Waals surface area contributed by atoms with Gasteiger partial charge in [-0.05, 0) is 20.3 Å². The van der Waals surface area contributed by atoms with Gasteiger partial charge in [0.05, 0.1) is 6.54 Å². The molecule has 0 aromatic carbocycles. The molecule has 0 aromatic rings. The minimum atomic E-state index is -0.0480. The Morgan fingerprint density at radius 1 is 1.50 bits per heavy atom. The SMILES string of the molecule is CCOCCCN1C(=O)CNC(=O)CC1C. The van der Waals surface area contributed by atoms with Crippen molar-refractivity contribution in [3.63, 3.8) is 0 Å². The molecule has 1 fully saturated rings. The lowest BCUT2D eigenvalue weighted by atomic mass is 10.2. The molecule has 1 unspecified atom stereocenters. The molecule has 0 bridgehead atoms. The van der Waals surface area contributed by atoms with Crippen LogP contribution in [0.5, 0.6) is 0 Å². The molecule has 0 radical (unpaired) electrons. The minimum Gasteiger partial charge on any atom is -0.382 e. The molecule has 1 aliphatic rings. The first-order chi connectivity index (χ1) is 7.65. The van der Waals surface area contributed by atoms with Crippen LogP contribution in [-0.4, -0.2) is 49.1 Å². The lowest BCUT2D eigenvalue weighted by molar-refractivity contribution is -0.131. The van der Waals surface area contributed by atoms with E-state index in [1.54, 1.807) is 4.90 Å². The largest absolute Gasteiger partial charge is 0.382 e. The van der Waals surface area contributed by atoms with Gasteiger partial charge in [-0.2, -0.15) is 0 Å². The number of nitrogens with one attached hydrogen (secondary N) is 1. The van der Waals surface area contributed by atoms with Crippen LogP contribution in [0, 0.1) is 0 Å². The smallest absolute Gasteiger partial charge is 0.242 e. The van der Waals surface area contributed by atoms with Gasteiger partial charge >= 0.3 is 0 Å². The molecule has 2 amide bonds. The number of carbonyl (C=O) groups is 2. The van der Waals surface area contributed by atoms with Crippen LogP contribution in [-0.2, 0) is 14.3 Å². The topological polar surface area (TPSA) is 58.6 Å². The highest BCUT2D eigenvalue weighted by molar-refractivity contribution is 5.87. The minimum absolute atomic E-state index is 0.00477. The van der Waals surface area contributed by atoms with E-state index in [9.17, 15) is 9.59 Å². The standard InChI is InChI=1S/C11H20N2O3/c1-3-16-6-4-5-13-9(2)7-10(14)12-8-11(13)15/h9H,3-8H2,1-2H3,(H,12,14). The Morgan fingerprint density at radius 3 is 2.94 bits per heavy atom. The highest BCUT2D eigenvalue weighted by Gasteiger charge is 2.25. The highest BCUT2D eigenvalue weighted by Crippen LogP contribution is 2.08. The van der Waals surface area contributed by atoms with E-state index in [4.69, 9.17) is 4.74 Å². The van der Waals surface area contributed by atoms with Crippen LogP contribution in [0.3, 0.4) is 0 Å². The van der Waals surface area contributed by atoms with Gasteiger partial charge in [-0.3, -0.25) is 9.59 Å². The van der Waals surface area contributed by atoms with Crippen LogP contribution in [0.25, 0.3) is 0 Å². The Labute approximate surface area is 96.1 Å². The predicted molar refractivity (Wildman–Crippen MR) is 59.9 cm³/mol. The molecular weight excluding hydrogens is 208 g/mol. The van der Waals surface area contributed by atoms with E-state index in [0.29, 0.717) is 26.2 Å². The van der Waals surface area contributed by atoms with Crippen molar-refractivity contribution in [1.29, 1.82) is 0 Å². The maximum absolute atomic E-state index is 11.7. The normalized spacial score (nSPS) is 21.9.